The van der Waals surface area contributed by atoms with Crippen LogP contribution in [-0.4, -0.2) is 63.2 Å². The van der Waals surface area contributed by atoms with Crippen molar-refractivity contribution >= 4 is 30.1 Å². The Morgan fingerprint density at radius 2 is 1.90 bits per heavy atom. The predicted octanol–water partition coefficient (Wildman–Crippen LogP) is 6.44. The Kier molecular flexibility index (Phi) is 7.82. The molecule has 0 bridgehead atoms. The Morgan fingerprint density at radius 3 is 2.71 bits per heavy atom. The van der Waals surface area contributed by atoms with E-state index in [0.717, 1.165) is 58.2 Å². The van der Waals surface area contributed by atoms with E-state index < -0.39 is 14.2 Å². The van der Waals surface area contributed by atoms with Crippen LogP contribution in [0.15, 0.2) is 48.9 Å². The summed E-state index contributed by atoms with van der Waals surface area (Å²) < 4.78 is 30.7. The number of imidazole rings is 1. The standard InChI is InChI=1S/C31H38FN7O2Si/c1-20-30(41-23-6-7-25-29(14-23)38(21(2)36-25)19-40-12-13-42(3,4)5)9-8-26-31(20)37-27(17-34-26)22-15-35-39(18-22)28-10-11-33-16-24(28)32/h6-9,14-15,17-18,24,28,33H,10-13,16,19H2,1-5H3/t24-,28-/m0/s1. The van der Waals surface area contributed by atoms with Gasteiger partial charge in [0.05, 0.1) is 46.2 Å². The lowest BCUT2D eigenvalue weighted by atomic mass is 10.1. The van der Waals surface area contributed by atoms with Gasteiger partial charge in [0.15, 0.2) is 0 Å². The molecule has 4 heterocycles. The van der Waals surface area contributed by atoms with E-state index in [4.69, 9.17) is 19.4 Å². The van der Waals surface area contributed by atoms with Gasteiger partial charge in [0, 0.05) is 44.6 Å². The van der Waals surface area contributed by atoms with Gasteiger partial charge >= 0.3 is 0 Å². The maximum atomic E-state index is 14.5. The van der Waals surface area contributed by atoms with Gasteiger partial charge in [0.25, 0.3) is 0 Å². The van der Waals surface area contributed by atoms with Gasteiger partial charge in [-0.15, -0.1) is 0 Å². The molecule has 2 atom stereocenters. The molecule has 42 heavy (non-hydrogen) atoms. The number of halogens is 1. The number of fused-ring (bicyclic) bond motifs is 2. The van der Waals surface area contributed by atoms with Crippen molar-refractivity contribution in [2.45, 2.75) is 64.9 Å². The largest absolute Gasteiger partial charge is 0.457 e. The van der Waals surface area contributed by atoms with E-state index in [2.05, 4.69) is 39.6 Å². The summed E-state index contributed by atoms with van der Waals surface area (Å²) >= 11 is 0. The third-order valence-corrected chi connectivity index (χ3v) is 9.59. The molecule has 0 radical (unpaired) electrons. The summed E-state index contributed by atoms with van der Waals surface area (Å²) in [6, 6.07) is 10.6. The van der Waals surface area contributed by atoms with E-state index >= 15 is 0 Å². The van der Waals surface area contributed by atoms with E-state index in [1.165, 1.54) is 0 Å². The van der Waals surface area contributed by atoms with Crippen LogP contribution in [0.25, 0.3) is 33.3 Å². The number of piperidine rings is 1. The molecule has 1 N–H and O–H groups in total. The summed E-state index contributed by atoms with van der Waals surface area (Å²) in [5.41, 5.74) is 5.79. The van der Waals surface area contributed by atoms with E-state index in [0.29, 0.717) is 36.9 Å². The number of ether oxygens (including phenoxy) is 2. The Labute approximate surface area is 246 Å². The summed E-state index contributed by atoms with van der Waals surface area (Å²) in [7, 11) is -1.16. The van der Waals surface area contributed by atoms with Crippen LogP contribution in [-0.2, 0) is 11.5 Å². The number of benzene rings is 2. The first-order valence-corrected chi connectivity index (χ1v) is 18.3. The number of aromatic nitrogens is 6. The van der Waals surface area contributed by atoms with Gasteiger partial charge in [-0.3, -0.25) is 9.67 Å². The maximum Gasteiger partial charge on any atom is 0.135 e. The van der Waals surface area contributed by atoms with Gasteiger partial charge in [-0.2, -0.15) is 5.10 Å². The molecule has 0 spiro atoms. The van der Waals surface area contributed by atoms with E-state index in [-0.39, 0.29) is 6.04 Å². The van der Waals surface area contributed by atoms with Crippen molar-refractivity contribution in [2.75, 3.05) is 19.7 Å². The molecular formula is C31H38FN7O2Si. The lowest BCUT2D eigenvalue weighted by Gasteiger charge is -2.26. The smallest absolute Gasteiger partial charge is 0.135 e. The molecule has 2 aromatic carbocycles. The Bertz CT molecular complexity index is 1730. The molecule has 0 saturated carbocycles. The number of hydrogen-bond acceptors (Lipinski definition) is 7. The van der Waals surface area contributed by atoms with Gasteiger partial charge in [-0.05, 0) is 57.1 Å². The molecule has 6 rings (SSSR count). The average Bonchev–Trinajstić information content (AvgIpc) is 3.57. The molecule has 0 unspecified atom stereocenters. The summed E-state index contributed by atoms with van der Waals surface area (Å²) in [6.07, 6.45) is 5.06. The van der Waals surface area contributed by atoms with Gasteiger partial charge in [-0.1, -0.05) is 19.6 Å². The van der Waals surface area contributed by atoms with Crippen molar-refractivity contribution in [1.82, 2.24) is 34.6 Å². The van der Waals surface area contributed by atoms with Gasteiger partial charge in [0.1, 0.15) is 30.2 Å². The summed E-state index contributed by atoms with van der Waals surface area (Å²) in [4.78, 5) is 14.3. The van der Waals surface area contributed by atoms with Crippen molar-refractivity contribution in [3.05, 3.63) is 60.3 Å². The van der Waals surface area contributed by atoms with Crippen LogP contribution in [0.4, 0.5) is 4.39 Å². The van der Waals surface area contributed by atoms with Gasteiger partial charge in [0.2, 0.25) is 0 Å². The zero-order chi connectivity index (χ0) is 29.4. The summed E-state index contributed by atoms with van der Waals surface area (Å²) in [5, 5.41) is 7.54. The summed E-state index contributed by atoms with van der Waals surface area (Å²) in [6.45, 7) is 13.4. The highest BCUT2D eigenvalue weighted by Crippen LogP contribution is 2.33. The van der Waals surface area contributed by atoms with Crippen molar-refractivity contribution < 1.29 is 13.9 Å². The van der Waals surface area contributed by atoms with Crippen molar-refractivity contribution in [3.8, 4) is 22.8 Å². The second kappa shape index (κ2) is 11.5. The van der Waals surface area contributed by atoms with E-state index in [1.54, 1.807) is 17.1 Å². The van der Waals surface area contributed by atoms with Crippen LogP contribution in [0.2, 0.25) is 25.7 Å². The normalized spacial score (nSPS) is 17.8. The van der Waals surface area contributed by atoms with Crippen molar-refractivity contribution in [1.29, 1.82) is 0 Å². The van der Waals surface area contributed by atoms with Crippen LogP contribution in [0.3, 0.4) is 0 Å². The fourth-order valence-electron chi connectivity index (χ4n) is 5.31. The molecule has 220 valence electrons. The molecule has 1 aliphatic heterocycles. The molecule has 11 heteroatoms. The molecular weight excluding hydrogens is 549 g/mol. The molecule has 1 saturated heterocycles. The maximum absolute atomic E-state index is 14.5. The highest BCUT2D eigenvalue weighted by molar-refractivity contribution is 6.76. The first-order chi connectivity index (χ1) is 20.2. The molecule has 3 aromatic heterocycles. The molecule has 0 aliphatic carbocycles. The Hall–Kier alpha value is -3.67. The number of rotatable bonds is 9. The minimum absolute atomic E-state index is 0.274. The minimum Gasteiger partial charge on any atom is -0.457 e. The van der Waals surface area contributed by atoms with Crippen molar-refractivity contribution in [2.24, 2.45) is 0 Å². The fourth-order valence-corrected chi connectivity index (χ4v) is 6.07. The zero-order valence-electron chi connectivity index (χ0n) is 24.9. The van der Waals surface area contributed by atoms with E-state index in [9.17, 15) is 4.39 Å². The molecule has 9 nitrogen and oxygen atoms in total. The van der Waals surface area contributed by atoms with Crippen LogP contribution in [0.1, 0.15) is 23.9 Å². The molecule has 1 aliphatic rings. The quantitative estimate of drug-likeness (QED) is 0.157. The number of hydrogen-bond donors (Lipinski definition) is 1. The molecule has 5 aromatic rings. The SMILES string of the molecule is Cc1c(Oc2ccc3nc(C)n(COCC[Si](C)(C)C)c3c2)ccc2ncc(-c3cnn([C@H]4CCNC[C@@H]4F)c3)nc12. The monoisotopic (exact) mass is 587 g/mol. The third kappa shape index (κ3) is 5.94. The topological polar surface area (TPSA) is 91.9 Å². The Morgan fingerprint density at radius 1 is 1.07 bits per heavy atom. The molecule has 1 fully saturated rings. The zero-order valence-corrected chi connectivity index (χ0v) is 25.9. The number of nitrogens with zero attached hydrogens (tertiary/aromatic N) is 6. The Balaban J connectivity index is 1.24. The predicted molar refractivity (Wildman–Crippen MR) is 166 cm³/mol. The second-order valence-corrected chi connectivity index (χ2v) is 17.9. The lowest BCUT2D eigenvalue weighted by molar-refractivity contribution is 0.0885. The summed E-state index contributed by atoms with van der Waals surface area (Å²) in [5.74, 6) is 2.32. The van der Waals surface area contributed by atoms with Crippen LogP contribution < -0.4 is 10.1 Å². The number of alkyl halides is 1. The number of nitrogens with one attached hydrogen (secondary N) is 1. The number of aryl methyl sites for hydroxylation is 2. The molecule has 0 amide bonds. The average molecular weight is 588 g/mol. The first kappa shape index (κ1) is 28.4. The highest BCUT2D eigenvalue weighted by atomic mass is 28.3. The lowest BCUT2D eigenvalue weighted by Crippen LogP contribution is -2.39. The first-order valence-electron chi connectivity index (χ1n) is 14.5. The van der Waals surface area contributed by atoms with Crippen molar-refractivity contribution in [3.63, 3.8) is 0 Å². The van der Waals surface area contributed by atoms with Crippen LogP contribution >= 0.6 is 0 Å². The van der Waals surface area contributed by atoms with Crippen LogP contribution in [0, 0.1) is 13.8 Å². The van der Waals surface area contributed by atoms with Crippen LogP contribution in [0.5, 0.6) is 11.5 Å². The second-order valence-electron chi connectivity index (χ2n) is 12.3. The third-order valence-electron chi connectivity index (χ3n) is 7.88. The van der Waals surface area contributed by atoms with E-state index in [1.807, 2.05) is 50.4 Å². The van der Waals surface area contributed by atoms with Gasteiger partial charge < -0.3 is 19.4 Å². The fraction of sp³-hybridized carbons (Fsp3) is 0.419. The minimum atomic E-state index is -1.16. The van der Waals surface area contributed by atoms with Gasteiger partial charge in [-0.25, -0.2) is 14.4 Å². The highest BCUT2D eigenvalue weighted by Gasteiger charge is 2.27.